The molecule has 0 fully saturated rings. The summed E-state index contributed by atoms with van der Waals surface area (Å²) < 4.78 is 0. The molecular weight excluding hydrogens is 170 g/mol. The van der Waals surface area contributed by atoms with Crippen LogP contribution in [-0.2, 0) is 0 Å². The summed E-state index contributed by atoms with van der Waals surface area (Å²) in [7, 11) is 0. The minimum Gasteiger partial charge on any atom is -0.327 e. The quantitative estimate of drug-likeness (QED) is 0.616. The van der Waals surface area contributed by atoms with Crippen molar-refractivity contribution in [2.45, 2.75) is 52.5 Å². The summed E-state index contributed by atoms with van der Waals surface area (Å²) in [5.74, 6) is 0.725. The fraction of sp³-hybridized carbons (Fsp3) is 0.692. The molecule has 14 heavy (non-hydrogen) atoms. The maximum atomic E-state index is 6.04. The summed E-state index contributed by atoms with van der Waals surface area (Å²) in [6.07, 6.45) is 4.18. The molecule has 0 rings (SSSR count). The highest BCUT2D eigenvalue weighted by molar-refractivity contribution is 5.08. The molecule has 0 bridgehead atoms. The van der Waals surface area contributed by atoms with Gasteiger partial charge in [0.15, 0.2) is 0 Å². The van der Waals surface area contributed by atoms with E-state index in [0.29, 0.717) is 0 Å². The van der Waals surface area contributed by atoms with Gasteiger partial charge in [-0.3, -0.25) is 0 Å². The summed E-state index contributed by atoms with van der Waals surface area (Å²) in [5, 5.41) is 0. The van der Waals surface area contributed by atoms with Crippen molar-refractivity contribution in [1.82, 2.24) is 0 Å². The van der Waals surface area contributed by atoms with Crippen LogP contribution < -0.4 is 5.73 Å². The molecule has 0 aliphatic heterocycles. The molecule has 0 aromatic heterocycles. The highest BCUT2D eigenvalue weighted by Crippen LogP contribution is 2.17. The Bertz CT molecular complexity index is 193. The molecule has 2 atom stereocenters. The van der Waals surface area contributed by atoms with Gasteiger partial charge in [-0.1, -0.05) is 44.6 Å². The minimum absolute atomic E-state index is 0.275. The Morgan fingerprint density at radius 1 is 1.36 bits per heavy atom. The van der Waals surface area contributed by atoms with E-state index in [-0.39, 0.29) is 6.04 Å². The van der Waals surface area contributed by atoms with Gasteiger partial charge >= 0.3 is 0 Å². The molecule has 0 spiro atoms. The highest BCUT2D eigenvalue weighted by atomic mass is 14.6. The Kier molecular flexibility index (Phi) is 6.56. The summed E-state index contributed by atoms with van der Waals surface area (Å²) >= 11 is 0. The van der Waals surface area contributed by atoms with Crippen molar-refractivity contribution < 1.29 is 0 Å². The van der Waals surface area contributed by atoms with Crippen LogP contribution in [-0.4, -0.2) is 6.04 Å². The van der Waals surface area contributed by atoms with Gasteiger partial charge in [0.1, 0.15) is 0 Å². The van der Waals surface area contributed by atoms with Crippen LogP contribution in [0, 0.1) is 5.92 Å². The fourth-order valence-electron chi connectivity index (χ4n) is 1.64. The normalized spacial score (nSPS) is 14.9. The maximum Gasteiger partial charge on any atom is 0.00786 e. The maximum absolute atomic E-state index is 6.04. The lowest BCUT2D eigenvalue weighted by Crippen LogP contribution is -2.23. The molecule has 0 aliphatic rings. The molecule has 82 valence electrons. The average molecular weight is 195 g/mol. The number of hydrogen-bond donors (Lipinski definition) is 1. The molecule has 1 unspecified atom stereocenters. The predicted octanol–water partition coefficient (Wildman–Crippen LogP) is 3.66. The van der Waals surface area contributed by atoms with Gasteiger partial charge in [-0.05, 0) is 32.1 Å². The first-order valence-corrected chi connectivity index (χ1v) is 5.52. The van der Waals surface area contributed by atoms with E-state index in [1.165, 1.54) is 17.6 Å². The number of nitrogens with two attached hydrogens (primary N) is 1. The van der Waals surface area contributed by atoms with Gasteiger partial charge in [0.2, 0.25) is 0 Å². The third-order valence-electron chi connectivity index (χ3n) is 2.50. The van der Waals surface area contributed by atoms with Crippen LogP contribution >= 0.6 is 0 Å². The number of rotatable bonds is 7. The van der Waals surface area contributed by atoms with Gasteiger partial charge in [0, 0.05) is 6.04 Å². The topological polar surface area (TPSA) is 26.0 Å². The van der Waals surface area contributed by atoms with E-state index in [2.05, 4.69) is 27.0 Å². The van der Waals surface area contributed by atoms with Crippen molar-refractivity contribution in [3.8, 4) is 0 Å². The van der Waals surface area contributed by atoms with Crippen LogP contribution in [0.1, 0.15) is 46.5 Å². The molecule has 0 radical (unpaired) electrons. The van der Waals surface area contributed by atoms with Gasteiger partial charge in [0.05, 0.1) is 0 Å². The van der Waals surface area contributed by atoms with Crippen LogP contribution in [0.3, 0.4) is 0 Å². The number of hydrogen-bond acceptors (Lipinski definition) is 1. The van der Waals surface area contributed by atoms with E-state index in [0.717, 1.165) is 25.2 Å². The van der Waals surface area contributed by atoms with Gasteiger partial charge in [-0.15, -0.1) is 0 Å². The van der Waals surface area contributed by atoms with Crippen LogP contribution in [0.15, 0.2) is 24.3 Å². The molecule has 2 N–H and O–H groups in total. The molecule has 0 saturated carbocycles. The molecule has 0 heterocycles. The molecule has 0 aromatic carbocycles. The van der Waals surface area contributed by atoms with E-state index in [9.17, 15) is 0 Å². The van der Waals surface area contributed by atoms with Gasteiger partial charge in [-0.2, -0.15) is 0 Å². The lowest BCUT2D eigenvalue weighted by atomic mass is 9.94. The van der Waals surface area contributed by atoms with E-state index in [1.807, 2.05) is 6.92 Å². The summed E-state index contributed by atoms with van der Waals surface area (Å²) in [6, 6.07) is 0.275. The predicted molar refractivity (Wildman–Crippen MR) is 65.2 cm³/mol. The van der Waals surface area contributed by atoms with Crippen molar-refractivity contribution in [1.29, 1.82) is 0 Å². The first-order chi connectivity index (χ1) is 6.45. The Morgan fingerprint density at radius 2 is 1.93 bits per heavy atom. The van der Waals surface area contributed by atoms with Crippen LogP contribution in [0.2, 0.25) is 0 Å². The zero-order valence-corrected chi connectivity index (χ0v) is 9.97. The van der Waals surface area contributed by atoms with Gasteiger partial charge in [-0.25, -0.2) is 0 Å². The van der Waals surface area contributed by atoms with E-state index >= 15 is 0 Å². The van der Waals surface area contributed by atoms with E-state index in [4.69, 9.17) is 5.73 Å². The summed E-state index contributed by atoms with van der Waals surface area (Å²) in [5.41, 5.74) is 8.42. The first-order valence-electron chi connectivity index (χ1n) is 5.52. The third kappa shape index (κ3) is 6.90. The molecule has 1 nitrogen and oxygen atoms in total. The van der Waals surface area contributed by atoms with Gasteiger partial charge < -0.3 is 5.73 Å². The molecule has 1 heteroatoms. The largest absolute Gasteiger partial charge is 0.327 e. The Balaban J connectivity index is 3.76. The molecule has 0 amide bonds. The van der Waals surface area contributed by atoms with Crippen molar-refractivity contribution in [3.63, 3.8) is 0 Å². The molecule has 0 saturated heterocycles. The summed E-state index contributed by atoms with van der Waals surface area (Å²) in [4.78, 5) is 0. The van der Waals surface area contributed by atoms with Gasteiger partial charge in [0.25, 0.3) is 0 Å². The zero-order chi connectivity index (χ0) is 11.1. The van der Waals surface area contributed by atoms with Crippen LogP contribution in [0.4, 0.5) is 0 Å². The molecule has 0 aromatic rings. The highest BCUT2D eigenvalue weighted by Gasteiger charge is 2.08. The van der Waals surface area contributed by atoms with E-state index < -0.39 is 0 Å². The van der Waals surface area contributed by atoms with Crippen LogP contribution in [0.25, 0.3) is 0 Å². The molecule has 0 aliphatic carbocycles. The smallest absolute Gasteiger partial charge is 0.00786 e. The fourth-order valence-corrected chi connectivity index (χ4v) is 1.64. The van der Waals surface area contributed by atoms with Crippen molar-refractivity contribution in [3.05, 3.63) is 24.3 Å². The van der Waals surface area contributed by atoms with Crippen LogP contribution in [0.5, 0.6) is 0 Å². The SMILES string of the molecule is C=C(C)CC(=C)CC(N)C[C@@H](C)CC. The monoisotopic (exact) mass is 195 g/mol. The second kappa shape index (κ2) is 6.83. The third-order valence-corrected chi connectivity index (χ3v) is 2.50. The van der Waals surface area contributed by atoms with Crippen molar-refractivity contribution in [2.24, 2.45) is 11.7 Å². The Labute approximate surface area is 89.1 Å². The molecular formula is C13H25N. The second-order valence-corrected chi connectivity index (χ2v) is 4.60. The van der Waals surface area contributed by atoms with E-state index in [1.54, 1.807) is 0 Å². The second-order valence-electron chi connectivity index (χ2n) is 4.60. The number of allylic oxidation sites excluding steroid dienone is 1. The zero-order valence-electron chi connectivity index (χ0n) is 9.97. The standard InChI is InChI=1S/C13H25N/c1-6-11(4)8-13(14)9-12(5)7-10(2)3/h11,13H,2,5-9,14H2,1,3-4H3/t11-,13?/m0/s1. The summed E-state index contributed by atoms with van der Waals surface area (Å²) in [6.45, 7) is 14.4. The average Bonchev–Trinajstić information content (AvgIpc) is 2.01. The lowest BCUT2D eigenvalue weighted by molar-refractivity contribution is 0.448. The van der Waals surface area contributed by atoms with Crippen molar-refractivity contribution >= 4 is 0 Å². The minimum atomic E-state index is 0.275. The Hall–Kier alpha value is -0.560. The lowest BCUT2D eigenvalue weighted by Gasteiger charge is -2.17. The Morgan fingerprint density at radius 3 is 2.36 bits per heavy atom. The first kappa shape index (κ1) is 13.4. The van der Waals surface area contributed by atoms with Crippen molar-refractivity contribution in [2.75, 3.05) is 0 Å².